The summed E-state index contributed by atoms with van der Waals surface area (Å²) in [5.41, 5.74) is 2.95. The van der Waals surface area contributed by atoms with Gasteiger partial charge >= 0.3 is 0 Å². The molecule has 0 saturated carbocycles. The van der Waals surface area contributed by atoms with Crippen LogP contribution in [0.1, 0.15) is 41.3 Å². The lowest BCUT2D eigenvalue weighted by molar-refractivity contribution is 0.0578. The SMILES string of the molecule is Cc1c(Br)cc2c(c1C)OC[C@@H](N1CCC(C)CC1)C2=O. The maximum atomic E-state index is 12.9. The van der Waals surface area contributed by atoms with Crippen molar-refractivity contribution in [2.24, 2.45) is 5.92 Å². The standard InChI is InChI=1S/C17H22BrNO2/c1-10-4-6-19(7-5-10)15-9-21-17-12(3)11(2)14(18)8-13(17)16(15)20/h8,10,15H,4-7,9H2,1-3H3/t15-/m1/s1. The summed E-state index contributed by atoms with van der Waals surface area (Å²) in [4.78, 5) is 15.2. The van der Waals surface area contributed by atoms with Gasteiger partial charge in [-0.3, -0.25) is 9.69 Å². The number of nitrogens with zero attached hydrogens (tertiary/aromatic N) is 1. The minimum atomic E-state index is -0.112. The van der Waals surface area contributed by atoms with Gasteiger partial charge in [0.2, 0.25) is 0 Å². The minimum Gasteiger partial charge on any atom is -0.490 e. The van der Waals surface area contributed by atoms with E-state index in [0.29, 0.717) is 6.61 Å². The van der Waals surface area contributed by atoms with E-state index in [1.54, 1.807) is 0 Å². The van der Waals surface area contributed by atoms with Gasteiger partial charge in [-0.25, -0.2) is 0 Å². The Hall–Kier alpha value is -0.870. The van der Waals surface area contributed by atoms with Gasteiger partial charge in [0.05, 0.1) is 5.56 Å². The summed E-state index contributed by atoms with van der Waals surface area (Å²) in [6, 6.07) is 1.82. The van der Waals surface area contributed by atoms with E-state index in [4.69, 9.17) is 4.74 Å². The van der Waals surface area contributed by atoms with Gasteiger partial charge in [-0.2, -0.15) is 0 Å². The third kappa shape index (κ3) is 2.64. The van der Waals surface area contributed by atoms with Crippen LogP contribution in [0.4, 0.5) is 0 Å². The highest BCUT2D eigenvalue weighted by Gasteiger charge is 2.36. The lowest BCUT2D eigenvalue weighted by Crippen LogP contribution is -2.50. The Morgan fingerprint density at radius 2 is 1.90 bits per heavy atom. The van der Waals surface area contributed by atoms with Gasteiger partial charge in [-0.05, 0) is 62.9 Å². The second kappa shape index (κ2) is 5.73. The molecule has 0 N–H and O–H groups in total. The minimum absolute atomic E-state index is 0.112. The molecule has 21 heavy (non-hydrogen) atoms. The number of benzene rings is 1. The van der Waals surface area contributed by atoms with E-state index < -0.39 is 0 Å². The molecular weight excluding hydrogens is 330 g/mol. The second-order valence-corrected chi connectivity index (χ2v) is 7.25. The van der Waals surface area contributed by atoms with Crippen molar-refractivity contribution in [3.05, 3.63) is 27.2 Å². The van der Waals surface area contributed by atoms with Crippen LogP contribution in [-0.4, -0.2) is 36.4 Å². The van der Waals surface area contributed by atoms with E-state index in [1.807, 2.05) is 19.9 Å². The fraction of sp³-hybridized carbons (Fsp3) is 0.588. The number of Topliss-reactive ketones (excluding diaryl/α,β-unsaturated/α-hetero) is 1. The quantitative estimate of drug-likeness (QED) is 0.771. The van der Waals surface area contributed by atoms with Crippen LogP contribution < -0.4 is 4.74 Å². The fourth-order valence-electron chi connectivity index (χ4n) is 3.25. The summed E-state index contributed by atoms with van der Waals surface area (Å²) in [5.74, 6) is 1.77. The number of piperidine rings is 1. The summed E-state index contributed by atoms with van der Waals surface area (Å²) in [5, 5.41) is 0. The molecule has 1 atom stereocenters. The zero-order chi connectivity index (χ0) is 15.1. The maximum Gasteiger partial charge on any atom is 0.187 e. The van der Waals surface area contributed by atoms with E-state index >= 15 is 0 Å². The molecule has 2 aliphatic heterocycles. The number of carbonyl (C=O) groups excluding carboxylic acids is 1. The van der Waals surface area contributed by atoms with Crippen LogP contribution in [0.3, 0.4) is 0 Å². The van der Waals surface area contributed by atoms with Crippen molar-refractivity contribution in [3.8, 4) is 5.75 Å². The highest BCUT2D eigenvalue weighted by atomic mass is 79.9. The van der Waals surface area contributed by atoms with E-state index in [2.05, 4.69) is 27.8 Å². The summed E-state index contributed by atoms with van der Waals surface area (Å²) in [6.07, 6.45) is 2.35. The van der Waals surface area contributed by atoms with Crippen LogP contribution in [0.2, 0.25) is 0 Å². The first-order valence-corrected chi connectivity index (χ1v) is 8.49. The van der Waals surface area contributed by atoms with Crippen molar-refractivity contribution in [3.63, 3.8) is 0 Å². The molecule has 1 saturated heterocycles. The number of likely N-dealkylation sites (tertiary alicyclic amines) is 1. The van der Waals surface area contributed by atoms with Gasteiger partial charge in [0, 0.05) is 4.47 Å². The van der Waals surface area contributed by atoms with Crippen molar-refractivity contribution in [2.45, 2.75) is 39.7 Å². The molecule has 0 bridgehead atoms. The smallest absolute Gasteiger partial charge is 0.187 e. The second-order valence-electron chi connectivity index (χ2n) is 6.39. The lowest BCUT2D eigenvalue weighted by Gasteiger charge is -2.38. The van der Waals surface area contributed by atoms with E-state index in [9.17, 15) is 4.79 Å². The molecule has 0 unspecified atom stereocenters. The van der Waals surface area contributed by atoms with Crippen molar-refractivity contribution in [1.29, 1.82) is 0 Å². The molecule has 1 aromatic rings. The molecule has 0 spiro atoms. The molecule has 114 valence electrons. The van der Waals surface area contributed by atoms with Crippen molar-refractivity contribution < 1.29 is 9.53 Å². The molecule has 2 heterocycles. The summed E-state index contributed by atoms with van der Waals surface area (Å²) in [7, 11) is 0. The monoisotopic (exact) mass is 351 g/mol. The fourth-order valence-corrected chi connectivity index (χ4v) is 3.78. The number of carbonyl (C=O) groups is 1. The third-order valence-electron chi connectivity index (χ3n) is 4.99. The zero-order valence-electron chi connectivity index (χ0n) is 12.9. The molecule has 3 rings (SSSR count). The molecule has 2 aliphatic rings. The number of ether oxygens (including phenoxy) is 1. The number of rotatable bonds is 1. The van der Waals surface area contributed by atoms with E-state index in [1.165, 1.54) is 12.8 Å². The summed E-state index contributed by atoms with van der Waals surface area (Å²) >= 11 is 3.56. The molecule has 0 radical (unpaired) electrons. The lowest BCUT2D eigenvalue weighted by atomic mass is 9.92. The zero-order valence-corrected chi connectivity index (χ0v) is 14.5. The van der Waals surface area contributed by atoms with Crippen molar-refractivity contribution >= 4 is 21.7 Å². The molecule has 0 amide bonds. The van der Waals surface area contributed by atoms with Crippen molar-refractivity contribution in [1.82, 2.24) is 4.90 Å². The van der Waals surface area contributed by atoms with Gasteiger partial charge in [0.1, 0.15) is 18.4 Å². The summed E-state index contributed by atoms with van der Waals surface area (Å²) in [6.45, 7) is 8.85. The third-order valence-corrected chi connectivity index (χ3v) is 5.81. The van der Waals surface area contributed by atoms with Crippen LogP contribution in [0, 0.1) is 19.8 Å². The number of fused-ring (bicyclic) bond motifs is 1. The molecule has 0 aliphatic carbocycles. The van der Waals surface area contributed by atoms with Gasteiger partial charge in [-0.15, -0.1) is 0 Å². The molecule has 0 aromatic heterocycles. The Morgan fingerprint density at radius 1 is 1.24 bits per heavy atom. The highest BCUT2D eigenvalue weighted by molar-refractivity contribution is 9.10. The van der Waals surface area contributed by atoms with Crippen molar-refractivity contribution in [2.75, 3.05) is 19.7 Å². The van der Waals surface area contributed by atoms with Crippen LogP contribution in [0.15, 0.2) is 10.5 Å². The van der Waals surface area contributed by atoms with Gasteiger partial charge in [-0.1, -0.05) is 22.9 Å². The van der Waals surface area contributed by atoms with Crippen LogP contribution in [0.25, 0.3) is 0 Å². The average molecular weight is 352 g/mol. The summed E-state index contributed by atoms with van der Waals surface area (Å²) < 4.78 is 6.96. The molecule has 3 nitrogen and oxygen atoms in total. The van der Waals surface area contributed by atoms with Crippen LogP contribution >= 0.6 is 15.9 Å². The first-order chi connectivity index (χ1) is 9.99. The van der Waals surface area contributed by atoms with E-state index in [0.717, 1.165) is 45.9 Å². The molecule has 4 heteroatoms. The number of hydrogen-bond donors (Lipinski definition) is 0. The predicted molar refractivity (Wildman–Crippen MR) is 87.2 cm³/mol. The number of hydrogen-bond acceptors (Lipinski definition) is 3. The number of ketones is 1. The van der Waals surface area contributed by atoms with Crippen LogP contribution in [0.5, 0.6) is 5.75 Å². The first-order valence-electron chi connectivity index (χ1n) is 7.69. The Kier molecular flexibility index (Phi) is 4.10. The predicted octanol–water partition coefficient (Wildman–Crippen LogP) is 3.74. The van der Waals surface area contributed by atoms with Crippen LogP contribution in [-0.2, 0) is 0 Å². The van der Waals surface area contributed by atoms with E-state index in [-0.39, 0.29) is 11.8 Å². The first kappa shape index (κ1) is 15.0. The Morgan fingerprint density at radius 3 is 2.57 bits per heavy atom. The maximum absolute atomic E-state index is 12.9. The largest absolute Gasteiger partial charge is 0.490 e. The van der Waals surface area contributed by atoms with Gasteiger partial charge < -0.3 is 4.74 Å². The normalized spacial score (nSPS) is 23.8. The highest BCUT2D eigenvalue weighted by Crippen LogP contribution is 2.36. The molecular formula is C17H22BrNO2. The number of halogens is 1. The topological polar surface area (TPSA) is 29.5 Å². The Bertz CT molecular complexity index is 577. The molecule has 1 fully saturated rings. The average Bonchev–Trinajstić information content (AvgIpc) is 2.47. The van der Waals surface area contributed by atoms with Gasteiger partial charge in [0.15, 0.2) is 5.78 Å². The molecule has 1 aromatic carbocycles. The van der Waals surface area contributed by atoms with Gasteiger partial charge in [0.25, 0.3) is 0 Å². The Balaban J connectivity index is 1.89. The Labute approximate surface area is 134 Å².